The van der Waals surface area contributed by atoms with Crippen LogP contribution >= 0.6 is 15.9 Å². The van der Waals surface area contributed by atoms with Gasteiger partial charge in [-0.25, -0.2) is 0 Å². The van der Waals surface area contributed by atoms with Crippen LogP contribution in [0.25, 0.3) is 0 Å². The molecule has 1 aromatic rings. The van der Waals surface area contributed by atoms with E-state index in [2.05, 4.69) is 20.9 Å². The predicted molar refractivity (Wildman–Crippen MR) is 60.8 cm³/mol. The van der Waals surface area contributed by atoms with Crippen LogP contribution in [-0.4, -0.2) is 12.0 Å². The summed E-state index contributed by atoms with van der Waals surface area (Å²) in [5.41, 5.74) is -0.558. The SMILES string of the molecule is CC1C=Nc2cc(Br)c(C(F)(F)F)cc2C1=O. The fraction of sp³-hybridized carbons (Fsp3) is 0.273. The lowest BCUT2D eigenvalue weighted by molar-refractivity contribution is -0.138. The number of carbonyl (C=O) groups excluding carboxylic acids is 1. The third-order valence-corrected chi connectivity index (χ3v) is 3.16. The molecule has 0 radical (unpaired) electrons. The van der Waals surface area contributed by atoms with Crippen molar-refractivity contribution >= 4 is 33.6 Å². The van der Waals surface area contributed by atoms with Crippen LogP contribution in [0.1, 0.15) is 22.8 Å². The summed E-state index contributed by atoms with van der Waals surface area (Å²) in [6.45, 7) is 1.60. The van der Waals surface area contributed by atoms with E-state index in [1.54, 1.807) is 6.92 Å². The summed E-state index contributed by atoms with van der Waals surface area (Å²) in [6, 6.07) is 2.08. The summed E-state index contributed by atoms with van der Waals surface area (Å²) in [6.07, 6.45) is -3.05. The van der Waals surface area contributed by atoms with Gasteiger partial charge in [0, 0.05) is 16.3 Å². The van der Waals surface area contributed by atoms with Gasteiger partial charge in [-0.1, -0.05) is 22.9 Å². The highest BCUT2D eigenvalue weighted by Gasteiger charge is 2.35. The highest BCUT2D eigenvalue weighted by molar-refractivity contribution is 9.10. The molecule has 0 spiro atoms. The first kappa shape index (κ1) is 12.3. The normalized spacial score (nSPS) is 19.4. The zero-order valence-corrected chi connectivity index (χ0v) is 10.3. The van der Waals surface area contributed by atoms with Gasteiger partial charge in [0.25, 0.3) is 0 Å². The summed E-state index contributed by atoms with van der Waals surface area (Å²) in [5, 5.41) is 0. The molecule has 2 rings (SSSR count). The van der Waals surface area contributed by atoms with E-state index in [0.29, 0.717) is 0 Å². The monoisotopic (exact) mass is 305 g/mol. The molecule has 0 bridgehead atoms. The maximum Gasteiger partial charge on any atom is 0.417 e. The van der Waals surface area contributed by atoms with E-state index in [0.717, 1.165) is 6.07 Å². The number of Topliss-reactive ketones (excluding diaryl/α,β-unsaturated/α-hetero) is 1. The van der Waals surface area contributed by atoms with Crippen molar-refractivity contribution in [1.82, 2.24) is 0 Å². The second-order valence-electron chi connectivity index (χ2n) is 3.78. The molecule has 0 saturated carbocycles. The molecule has 0 saturated heterocycles. The van der Waals surface area contributed by atoms with Gasteiger partial charge in [0.1, 0.15) is 0 Å². The van der Waals surface area contributed by atoms with Crippen LogP contribution in [-0.2, 0) is 6.18 Å². The molecule has 1 heterocycles. The van der Waals surface area contributed by atoms with Crippen molar-refractivity contribution in [2.75, 3.05) is 0 Å². The summed E-state index contributed by atoms with van der Waals surface area (Å²) in [5.74, 6) is -0.822. The summed E-state index contributed by atoms with van der Waals surface area (Å²) < 4.78 is 37.9. The summed E-state index contributed by atoms with van der Waals surface area (Å²) in [4.78, 5) is 15.7. The number of carbonyl (C=O) groups is 1. The Morgan fingerprint density at radius 1 is 1.35 bits per heavy atom. The number of benzene rings is 1. The molecule has 1 aliphatic heterocycles. The van der Waals surface area contributed by atoms with Crippen LogP contribution in [0.5, 0.6) is 0 Å². The van der Waals surface area contributed by atoms with Gasteiger partial charge in [0.2, 0.25) is 0 Å². The van der Waals surface area contributed by atoms with Crippen molar-refractivity contribution in [1.29, 1.82) is 0 Å². The van der Waals surface area contributed by atoms with Crippen molar-refractivity contribution in [3.05, 3.63) is 27.7 Å². The molecule has 0 amide bonds. The van der Waals surface area contributed by atoms with E-state index >= 15 is 0 Å². The fourth-order valence-electron chi connectivity index (χ4n) is 1.59. The Balaban J connectivity index is 2.64. The number of rotatable bonds is 0. The molecule has 0 aromatic heterocycles. The van der Waals surface area contributed by atoms with Crippen molar-refractivity contribution in [2.45, 2.75) is 13.1 Å². The van der Waals surface area contributed by atoms with E-state index < -0.39 is 17.7 Å². The molecule has 1 aliphatic rings. The Kier molecular flexibility index (Phi) is 2.85. The number of halogens is 4. The van der Waals surface area contributed by atoms with E-state index in [1.165, 1.54) is 12.3 Å². The van der Waals surface area contributed by atoms with Gasteiger partial charge < -0.3 is 0 Å². The Morgan fingerprint density at radius 2 is 2.00 bits per heavy atom. The van der Waals surface area contributed by atoms with E-state index in [1.807, 2.05) is 0 Å². The molecule has 0 aliphatic carbocycles. The lowest BCUT2D eigenvalue weighted by Crippen LogP contribution is -2.18. The molecule has 0 fully saturated rings. The Labute approximate surface area is 104 Å². The van der Waals surface area contributed by atoms with Crippen LogP contribution in [0.4, 0.5) is 18.9 Å². The number of hydrogen-bond acceptors (Lipinski definition) is 2. The zero-order valence-electron chi connectivity index (χ0n) is 8.68. The number of alkyl halides is 3. The average Bonchev–Trinajstić information content (AvgIpc) is 2.21. The quantitative estimate of drug-likeness (QED) is 0.712. The topological polar surface area (TPSA) is 29.4 Å². The minimum atomic E-state index is -4.49. The number of aliphatic imine (C=N–C) groups is 1. The fourth-order valence-corrected chi connectivity index (χ4v) is 2.15. The second-order valence-corrected chi connectivity index (χ2v) is 4.63. The molecule has 17 heavy (non-hydrogen) atoms. The molecule has 1 unspecified atom stereocenters. The molecule has 90 valence electrons. The minimum absolute atomic E-state index is 0.0236. The first-order valence-corrected chi connectivity index (χ1v) is 5.59. The minimum Gasteiger partial charge on any atom is -0.293 e. The third kappa shape index (κ3) is 2.13. The summed E-state index contributed by atoms with van der Waals surface area (Å²) in [7, 11) is 0. The summed E-state index contributed by atoms with van der Waals surface area (Å²) >= 11 is 2.84. The first-order chi connectivity index (χ1) is 7.80. The van der Waals surface area contributed by atoms with Gasteiger partial charge in [0.15, 0.2) is 5.78 Å². The van der Waals surface area contributed by atoms with Crippen LogP contribution in [0, 0.1) is 5.92 Å². The molecule has 2 nitrogen and oxygen atoms in total. The molecule has 0 N–H and O–H groups in total. The number of ketones is 1. The van der Waals surface area contributed by atoms with Gasteiger partial charge in [0.05, 0.1) is 17.2 Å². The zero-order chi connectivity index (χ0) is 12.8. The highest BCUT2D eigenvalue weighted by atomic mass is 79.9. The number of hydrogen-bond donors (Lipinski definition) is 0. The number of fused-ring (bicyclic) bond motifs is 1. The third-order valence-electron chi connectivity index (χ3n) is 2.51. The van der Waals surface area contributed by atoms with Crippen molar-refractivity contribution in [2.24, 2.45) is 10.9 Å². The highest BCUT2D eigenvalue weighted by Crippen LogP contribution is 2.39. The molecule has 6 heteroatoms. The molecular formula is C11H7BrF3NO. The lowest BCUT2D eigenvalue weighted by atomic mass is 9.94. The average molecular weight is 306 g/mol. The lowest BCUT2D eigenvalue weighted by Gasteiger charge is -2.17. The molecule has 1 aromatic carbocycles. The van der Waals surface area contributed by atoms with Crippen molar-refractivity contribution in [3.63, 3.8) is 0 Å². The van der Waals surface area contributed by atoms with Gasteiger partial charge in [-0.3, -0.25) is 9.79 Å². The van der Waals surface area contributed by atoms with Gasteiger partial charge >= 0.3 is 6.18 Å². The van der Waals surface area contributed by atoms with Gasteiger partial charge in [-0.15, -0.1) is 0 Å². The van der Waals surface area contributed by atoms with Gasteiger partial charge in [-0.2, -0.15) is 13.2 Å². The van der Waals surface area contributed by atoms with Crippen LogP contribution < -0.4 is 0 Å². The Hall–Kier alpha value is -1.17. The van der Waals surface area contributed by atoms with Gasteiger partial charge in [-0.05, 0) is 12.1 Å². The smallest absolute Gasteiger partial charge is 0.293 e. The maximum atomic E-state index is 12.7. The Morgan fingerprint density at radius 3 is 2.59 bits per heavy atom. The Bertz CT molecular complexity index is 522. The van der Waals surface area contributed by atoms with E-state index in [9.17, 15) is 18.0 Å². The number of nitrogens with zero attached hydrogens (tertiary/aromatic N) is 1. The molecule has 1 atom stereocenters. The van der Waals surface area contributed by atoms with Crippen LogP contribution in [0.3, 0.4) is 0 Å². The van der Waals surface area contributed by atoms with Crippen LogP contribution in [0.2, 0.25) is 0 Å². The predicted octanol–water partition coefficient (Wildman–Crippen LogP) is 4.00. The van der Waals surface area contributed by atoms with Crippen molar-refractivity contribution < 1.29 is 18.0 Å². The first-order valence-electron chi connectivity index (χ1n) is 4.80. The van der Waals surface area contributed by atoms with E-state index in [4.69, 9.17) is 0 Å². The largest absolute Gasteiger partial charge is 0.417 e. The maximum absolute atomic E-state index is 12.7. The van der Waals surface area contributed by atoms with Crippen LogP contribution in [0.15, 0.2) is 21.6 Å². The van der Waals surface area contributed by atoms with E-state index in [-0.39, 0.29) is 21.5 Å². The van der Waals surface area contributed by atoms with Crippen molar-refractivity contribution in [3.8, 4) is 0 Å². The standard InChI is InChI=1S/C11H7BrF3NO/c1-5-4-16-9-3-8(12)7(11(13,14)15)2-6(9)10(5)17/h2-5H,1H3. The second kappa shape index (κ2) is 3.94. The molecular weight excluding hydrogens is 299 g/mol.